The monoisotopic (exact) mass is 291 g/mol. The van der Waals surface area contributed by atoms with Gasteiger partial charge in [0.25, 0.3) is 0 Å². The summed E-state index contributed by atoms with van der Waals surface area (Å²) in [5, 5.41) is 6.69. The largest absolute Gasteiger partial charge is 0.281 e. The molecule has 18 heavy (non-hydrogen) atoms. The third-order valence-electron chi connectivity index (χ3n) is 3.41. The minimum atomic E-state index is -3.49. The molecule has 1 fully saturated rings. The number of H-pyrrole nitrogens is 1. The molecule has 1 saturated carbocycles. The van der Waals surface area contributed by atoms with E-state index in [0.29, 0.717) is 28.7 Å². The number of aryl methyl sites for hydroxylation is 2. The Labute approximate surface area is 113 Å². The van der Waals surface area contributed by atoms with E-state index < -0.39 is 10.0 Å². The van der Waals surface area contributed by atoms with E-state index in [0.717, 1.165) is 19.3 Å². The normalized spacial score (nSPS) is 17.1. The predicted octanol–water partition coefficient (Wildman–Crippen LogP) is 1.81. The number of rotatable bonds is 5. The minimum Gasteiger partial charge on any atom is -0.281 e. The molecular weight excluding hydrogens is 274 g/mol. The van der Waals surface area contributed by atoms with Gasteiger partial charge in [-0.2, -0.15) is 9.40 Å². The lowest BCUT2D eigenvalue weighted by atomic mass is 9.93. The third-order valence-corrected chi connectivity index (χ3v) is 5.80. The maximum Gasteiger partial charge on any atom is 0.247 e. The van der Waals surface area contributed by atoms with E-state index in [2.05, 4.69) is 10.2 Å². The zero-order valence-electron chi connectivity index (χ0n) is 10.6. The molecule has 102 valence electrons. The molecule has 2 rings (SSSR count). The average Bonchev–Trinajstić information content (AvgIpc) is 2.55. The summed E-state index contributed by atoms with van der Waals surface area (Å²) in [6.45, 7) is 3.79. The number of nitrogens with zero attached hydrogens (tertiary/aromatic N) is 2. The molecule has 0 radical (unpaired) electrons. The molecule has 0 spiro atoms. The Morgan fingerprint density at radius 2 is 2.11 bits per heavy atom. The molecular formula is C11H18ClN3O2S. The molecule has 1 aromatic rings. The number of alkyl halides is 1. The summed E-state index contributed by atoms with van der Waals surface area (Å²) in [6.07, 6.45) is 2.93. The van der Waals surface area contributed by atoms with Crippen LogP contribution in [0.5, 0.6) is 0 Å². The van der Waals surface area contributed by atoms with Crippen molar-refractivity contribution in [3.63, 3.8) is 0 Å². The summed E-state index contributed by atoms with van der Waals surface area (Å²) in [5.74, 6) is 0.311. The van der Waals surface area contributed by atoms with Crippen molar-refractivity contribution < 1.29 is 8.42 Å². The number of sulfonamides is 1. The first kappa shape index (κ1) is 13.8. The van der Waals surface area contributed by atoms with E-state index in [1.54, 1.807) is 13.8 Å². The van der Waals surface area contributed by atoms with Crippen LogP contribution in [0, 0.1) is 13.8 Å². The van der Waals surface area contributed by atoms with E-state index >= 15 is 0 Å². The highest BCUT2D eigenvalue weighted by molar-refractivity contribution is 7.89. The standard InChI is InChI=1S/C11H18ClN3O2S/c1-8-11(9(2)14-13-8)18(16,17)15(7-6-12)10-4-3-5-10/h10H,3-7H2,1-2H3,(H,13,14). The fraction of sp³-hybridized carbons (Fsp3) is 0.727. The van der Waals surface area contributed by atoms with Crippen LogP contribution in [0.15, 0.2) is 4.90 Å². The van der Waals surface area contributed by atoms with Crippen molar-refractivity contribution in [3.8, 4) is 0 Å². The molecule has 1 N–H and O–H groups in total. The summed E-state index contributed by atoms with van der Waals surface area (Å²) >= 11 is 5.74. The summed E-state index contributed by atoms with van der Waals surface area (Å²) in [4.78, 5) is 0.305. The van der Waals surface area contributed by atoms with Gasteiger partial charge >= 0.3 is 0 Å². The van der Waals surface area contributed by atoms with Gasteiger partial charge in [0.15, 0.2) is 0 Å². The quantitative estimate of drug-likeness (QED) is 0.842. The van der Waals surface area contributed by atoms with Crippen LogP contribution >= 0.6 is 11.6 Å². The van der Waals surface area contributed by atoms with Gasteiger partial charge in [0.1, 0.15) is 4.90 Å². The SMILES string of the molecule is Cc1n[nH]c(C)c1S(=O)(=O)N(CCCl)C1CCC1. The molecule has 0 unspecified atom stereocenters. The lowest BCUT2D eigenvalue weighted by Crippen LogP contribution is -2.45. The number of aromatic amines is 1. The second-order valence-electron chi connectivity index (χ2n) is 4.65. The lowest BCUT2D eigenvalue weighted by Gasteiger charge is -2.36. The first-order valence-corrected chi connectivity index (χ1v) is 8.05. The maximum atomic E-state index is 12.7. The molecule has 0 atom stereocenters. The van der Waals surface area contributed by atoms with Crippen molar-refractivity contribution in [2.45, 2.75) is 44.0 Å². The molecule has 7 heteroatoms. The summed E-state index contributed by atoms with van der Waals surface area (Å²) < 4.78 is 26.9. The highest BCUT2D eigenvalue weighted by Crippen LogP contribution is 2.31. The fourth-order valence-corrected chi connectivity index (χ4v) is 4.60. The average molecular weight is 292 g/mol. The fourth-order valence-electron chi connectivity index (χ4n) is 2.29. The van der Waals surface area contributed by atoms with Crippen molar-refractivity contribution in [3.05, 3.63) is 11.4 Å². The molecule has 5 nitrogen and oxygen atoms in total. The summed E-state index contributed by atoms with van der Waals surface area (Å²) in [6, 6.07) is 0.0995. The maximum absolute atomic E-state index is 12.7. The van der Waals surface area contributed by atoms with Gasteiger partial charge in [0.05, 0.1) is 11.4 Å². The van der Waals surface area contributed by atoms with Crippen LogP contribution in [0.3, 0.4) is 0 Å². The molecule has 0 saturated heterocycles. The third kappa shape index (κ3) is 2.29. The number of aromatic nitrogens is 2. The number of halogens is 1. The predicted molar refractivity (Wildman–Crippen MR) is 70.3 cm³/mol. The van der Waals surface area contributed by atoms with E-state index in [4.69, 9.17) is 11.6 Å². The lowest BCUT2D eigenvalue weighted by molar-refractivity contribution is 0.227. The van der Waals surface area contributed by atoms with Gasteiger partial charge in [-0.15, -0.1) is 11.6 Å². The number of nitrogens with one attached hydrogen (secondary N) is 1. The van der Waals surface area contributed by atoms with Gasteiger partial charge in [-0.1, -0.05) is 6.42 Å². The van der Waals surface area contributed by atoms with Gasteiger partial charge in [0, 0.05) is 18.5 Å². The molecule has 0 aromatic carbocycles. The topological polar surface area (TPSA) is 66.1 Å². The first-order chi connectivity index (χ1) is 8.48. The molecule has 1 aliphatic carbocycles. The highest BCUT2D eigenvalue weighted by Gasteiger charge is 2.36. The van der Waals surface area contributed by atoms with E-state index in [-0.39, 0.29) is 6.04 Å². The van der Waals surface area contributed by atoms with Crippen LogP contribution in [-0.2, 0) is 10.0 Å². The minimum absolute atomic E-state index is 0.0995. The Balaban J connectivity index is 2.38. The molecule has 0 amide bonds. The van der Waals surface area contributed by atoms with Crippen molar-refractivity contribution in [2.24, 2.45) is 0 Å². The molecule has 0 bridgehead atoms. The van der Waals surface area contributed by atoms with Crippen LogP contribution in [-0.4, -0.2) is 41.4 Å². The second-order valence-corrected chi connectivity index (χ2v) is 6.86. The van der Waals surface area contributed by atoms with Gasteiger partial charge in [-0.3, -0.25) is 5.10 Å². The van der Waals surface area contributed by atoms with Gasteiger partial charge in [0.2, 0.25) is 10.0 Å². The van der Waals surface area contributed by atoms with Crippen molar-refractivity contribution >= 4 is 21.6 Å². The van der Waals surface area contributed by atoms with E-state index in [1.807, 2.05) is 0 Å². The van der Waals surface area contributed by atoms with Crippen LogP contribution < -0.4 is 0 Å². The van der Waals surface area contributed by atoms with Crippen LogP contribution in [0.25, 0.3) is 0 Å². The Kier molecular flexibility index (Phi) is 3.99. The Morgan fingerprint density at radius 3 is 2.50 bits per heavy atom. The van der Waals surface area contributed by atoms with Gasteiger partial charge in [-0.25, -0.2) is 8.42 Å². The molecule has 1 heterocycles. The van der Waals surface area contributed by atoms with Crippen molar-refractivity contribution in [1.29, 1.82) is 0 Å². The second kappa shape index (κ2) is 5.19. The van der Waals surface area contributed by atoms with Crippen LogP contribution in [0.1, 0.15) is 30.7 Å². The van der Waals surface area contributed by atoms with Crippen molar-refractivity contribution in [2.75, 3.05) is 12.4 Å². The van der Waals surface area contributed by atoms with Crippen LogP contribution in [0.4, 0.5) is 0 Å². The zero-order chi connectivity index (χ0) is 13.3. The van der Waals surface area contributed by atoms with Crippen molar-refractivity contribution in [1.82, 2.24) is 14.5 Å². The van der Waals surface area contributed by atoms with Gasteiger partial charge in [-0.05, 0) is 26.7 Å². The van der Waals surface area contributed by atoms with Crippen LogP contribution in [0.2, 0.25) is 0 Å². The molecule has 1 aliphatic rings. The van der Waals surface area contributed by atoms with Gasteiger partial charge < -0.3 is 0 Å². The van der Waals surface area contributed by atoms with E-state index in [9.17, 15) is 8.42 Å². The smallest absolute Gasteiger partial charge is 0.247 e. The van der Waals surface area contributed by atoms with E-state index in [1.165, 1.54) is 4.31 Å². The Morgan fingerprint density at radius 1 is 1.44 bits per heavy atom. The Hall–Kier alpha value is -0.590. The number of hydrogen-bond donors (Lipinski definition) is 1. The first-order valence-electron chi connectivity index (χ1n) is 6.08. The summed E-state index contributed by atoms with van der Waals surface area (Å²) in [5.41, 5.74) is 1.11. The highest BCUT2D eigenvalue weighted by atomic mass is 35.5. The molecule has 1 aromatic heterocycles. The zero-order valence-corrected chi connectivity index (χ0v) is 12.2. The Bertz CT molecular complexity index is 503. The summed E-state index contributed by atoms with van der Waals surface area (Å²) in [7, 11) is -3.49. The number of hydrogen-bond acceptors (Lipinski definition) is 3. The molecule has 0 aliphatic heterocycles.